The molecule has 0 bridgehead atoms. The molecule has 1 aliphatic rings. The Balaban J connectivity index is 2.55. The summed E-state index contributed by atoms with van der Waals surface area (Å²) in [5.41, 5.74) is 5.78. The van der Waals surface area contributed by atoms with E-state index < -0.39 is 0 Å². The van der Waals surface area contributed by atoms with Gasteiger partial charge in [-0.1, -0.05) is 31.5 Å². The number of aryl methyl sites for hydroxylation is 1. The molecule has 0 spiro atoms. The molecule has 0 saturated heterocycles. The lowest BCUT2D eigenvalue weighted by Gasteiger charge is -2.13. The molecule has 0 amide bonds. The van der Waals surface area contributed by atoms with Crippen LogP contribution in [0.25, 0.3) is 0 Å². The molecule has 2 rings (SSSR count). The number of nitrogens with one attached hydrogen (secondary N) is 1. The summed E-state index contributed by atoms with van der Waals surface area (Å²) in [5, 5.41) is 3.48. The predicted octanol–water partition coefficient (Wildman–Crippen LogP) is 3.09. The van der Waals surface area contributed by atoms with Gasteiger partial charge in [-0.2, -0.15) is 0 Å². The minimum absolute atomic E-state index is 0.624. The summed E-state index contributed by atoms with van der Waals surface area (Å²) < 4.78 is 0. The molecule has 0 atom stereocenters. The number of rotatable bonds is 1. The van der Waals surface area contributed by atoms with E-state index in [1.165, 1.54) is 28.8 Å². The normalized spacial score (nSPS) is 14.5. The molecule has 0 radical (unpaired) electrons. The van der Waals surface area contributed by atoms with E-state index in [0.29, 0.717) is 5.92 Å². The van der Waals surface area contributed by atoms with Crippen LogP contribution in [-0.4, -0.2) is 6.54 Å². The van der Waals surface area contributed by atoms with Gasteiger partial charge in [0, 0.05) is 12.2 Å². The summed E-state index contributed by atoms with van der Waals surface area (Å²) in [6, 6.07) is 4.61. The van der Waals surface area contributed by atoms with E-state index in [1.54, 1.807) is 0 Å². The Hall–Kier alpha value is -0.980. The van der Waals surface area contributed by atoms with Crippen LogP contribution in [0.4, 0.5) is 5.69 Å². The SMILES string of the molecule is Cc1cc2c(c(C(C)C)c1)NCC2. The Morgan fingerprint density at radius 3 is 2.77 bits per heavy atom. The Labute approximate surface area is 80.2 Å². The van der Waals surface area contributed by atoms with E-state index in [-0.39, 0.29) is 0 Å². The largest absolute Gasteiger partial charge is 0.384 e. The number of anilines is 1. The average molecular weight is 175 g/mol. The third kappa shape index (κ3) is 1.43. The zero-order valence-corrected chi connectivity index (χ0v) is 8.65. The summed E-state index contributed by atoms with van der Waals surface area (Å²) in [6.07, 6.45) is 1.19. The van der Waals surface area contributed by atoms with Crippen molar-refractivity contribution in [3.63, 3.8) is 0 Å². The second-order valence-electron chi connectivity index (χ2n) is 4.22. The molecule has 1 nitrogen and oxygen atoms in total. The summed E-state index contributed by atoms with van der Waals surface area (Å²) in [5.74, 6) is 0.624. The van der Waals surface area contributed by atoms with Crippen molar-refractivity contribution in [2.24, 2.45) is 0 Å². The maximum atomic E-state index is 3.48. The molecule has 0 saturated carbocycles. The molecule has 1 aromatic carbocycles. The van der Waals surface area contributed by atoms with Crippen molar-refractivity contribution in [1.82, 2.24) is 0 Å². The maximum absolute atomic E-state index is 3.48. The molecule has 0 fully saturated rings. The van der Waals surface area contributed by atoms with Crippen molar-refractivity contribution in [3.8, 4) is 0 Å². The number of hydrogen-bond donors (Lipinski definition) is 1. The van der Waals surface area contributed by atoms with Crippen LogP contribution in [0.5, 0.6) is 0 Å². The van der Waals surface area contributed by atoms with E-state index in [9.17, 15) is 0 Å². The van der Waals surface area contributed by atoms with Crippen LogP contribution in [-0.2, 0) is 6.42 Å². The van der Waals surface area contributed by atoms with Crippen LogP contribution >= 0.6 is 0 Å². The van der Waals surface area contributed by atoms with Gasteiger partial charge in [-0.25, -0.2) is 0 Å². The van der Waals surface area contributed by atoms with Gasteiger partial charge in [0.2, 0.25) is 0 Å². The molecule has 0 aliphatic carbocycles. The van der Waals surface area contributed by atoms with Crippen molar-refractivity contribution in [2.75, 3.05) is 11.9 Å². The van der Waals surface area contributed by atoms with E-state index >= 15 is 0 Å². The molecule has 1 heteroatoms. The first kappa shape index (κ1) is 8.61. The highest BCUT2D eigenvalue weighted by Crippen LogP contribution is 2.32. The van der Waals surface area contributed by atoms with Crippen LogP contribution in [0.15, 0.2) is 12.1 Å². The van der Waals surface area contributed by atoms with E-state index in [2.05, 4.69) is 38.2 Å². The first-order valence-corrected chi connectivity index (χ1v) is 5.06. The van der Waals surface area contributed by atoms with Gasteiger partial charge in [-0.05, 0) is 30.4 Å². The van der Waals surface area contributed by atoms with Crippen LogP contribution in [0, 0.1) is 6.92 Å². The molecule has 1 heterocycles. The fraction of sp³-hybridized carbons (Fsp3) is 0.500. The summed E-state index contributed by atoms with van der Waals surface area (Å²) in [4.78, 5) is 0. The summed E-state index contributed by atoms with van der Waals surface area (Å²) in [7, 11) is 0. The highest BCUT2D eigenvalue weighted by molar-refractivity contribution is 5.63. The third-order valence-electron chi connectivity index (χ3n) is 2.71. The zero-order chi connectivity index (χ0) is 9.42. The monoisotopic (exact) mass is 175 g/mol. The van der Waals surface area contributed by atoms with Crippen LogP contribution in [0.3, 0.4) is 0 Å². The zero-order valence-electron chi connectivity index (χ0n) is 8.65. The van der Waals surface area contributed by atoms with Gasteiger partial charge in [0.1, 0.15) is 0 Å². The van der Waals surface area contributed by atoms with E-state index in [0.717, 1.165) is 6.54 Å². The molecule has 1 aromatic rings. The molecular formula is C12H17N. The fourth-order valence-electron chi connectivity index (χ4n) is 2.08. The molecule has 0 unspecified atom stereocenters. The van der Waals surface area contributed by atoms with Crippen molar-refractivity contribution >= 4 is 5.69 Å². The number of fused-ring (bicyclic) bond motifs is 1. The highest BCUT2D eigenvalue weighted by Gasteiger charge is 2.16. The Bertz CT molecular complexity index is 326. The van der Waals surface area contributed by atoms with Gasteiger partial charge in [0.25, 0.3) is 0 Å². The quantitative estimate of drug-likeness (QED) is 0.691. The molecule has 1 N–H and O–H groups in total. The van der Waals surface area contributed by atoms with Gasteiger partial charge in [0.15, 0.2) is 0 Å². The van der Waals surface area contributed by atoms with Gasteiger partial charge in [0.05, 0.1) is 0 Å². The Morgan fingerprint density at radius 1 is 1.31 bits per heavy atom. The average Bonchev–Trinajstić information content (AvgIpc) is 2.49. The molecular weight excluding hydrogens is 158 g/mol. The Morgan fingerprint density at radius 2 is 2.08 bits per heavy atom. The minimum Gasteiger partial charge on any atom is -0.384 e. The Kier molecular flexibility index (Phi) is 2.03. The van der Waals surface area contributed by atoms with E-state index in [4.69, 9.17) is 0 Å². The summed E-state index contributed by atoms with van der Waals surface area (Å²) >= 11 is 0. The minimum atomic E-state index is 0.624. The number of benzene rings is 1. The highest BCUT2D eigenvalue weighted by atomic mass is 14.9. The van der Waals surface area contributed by atoms with Crippen LogP contribution in [0.1, 0.15) is 36.5 Å². The lowest BCUT2D eigenvalue weighted by molar-refractivity contribution is 0.867. The second kappa shape index (κ2) is 3.06. The lowest BCUT2D eigenvalue weighted by Crippen LogP contribution is -1.97. The van der Waals surface area contributed by atoms with E-state index in [1.807, 2.05) is 0 Å². The maximum Gasteiger partial charge on any atom is 0.0408 e. The van der Waals surface area contributed by atoms with Crippen molar-refractivity contribution in [2.45, 2.75) is 33.1 Å². The molecule has 1 aliphatic heterocycles. The standard InChI is InChI=1S/C12H17N/c1-8(2)11-7-9(3)6-10-4-5-13-12(10)11/h6-8,13H,4-5H2,1-3H3. The fourth-order valence-corrected chi connectivity index (χ4v) is 2.08. The van der Waals surface area contributed by atoms with Crippen LogP contribution in [0.2, 0.25) is 0 Å². The molecule has 13 heavy (non-hydrogen) atoms. The van der Waals surface area contributed by atoms with Crippen molar-refractivity contribution in [1.29, 1.82) is 0 Å². The molecule has 0 aromatic heterocycles. The van der Waals surface area contributed by atoms with Crippen LogP contribution < -0.4 is 5.32 Å². The van der Waals surface area contributed by atoms with Gasteiger partial charge in [-0.3, -0.25) is 0 Å². The van der Waals surface area contributed by atoms with Gasteiger partial charge < -0.3 is 5.32 Å². The third-order valence-corrected chi connectivity index (χ3v) is 2.71. The first-order chi connectivity index (χ1) is 6.18. The predicted molar refractivity (Wildman–Crippen MR) is 57.5 cm³/mol. The lowest BCUT2D eigenvalue weighted by atomic mass is 9.96. The first-order valence-electron chi connectivity index (χ1n) is 5.06. The van der Waals surface area contributed by atoms with Gasteiger partial charge in [-0.15, -0.1) is 0 Å². The van der Waals surface area contributed by atoms with Gasteiger partial charge >= 0.3 is 0 Å². The smallest absolute Gasteiger partial charge is 0.0408 e. The molecule has 70 valence electrons. The summed E-state index contributed by atoms with van der Waals surface area (Å²) in [6.45, 7) is 7.81. The topological polar surface area (TPSA) is 12.0 Å². The van der Waals surface area contributed by atoms with Crippen molar-refractivity contribution in [3.05, 3.63) is 28.8 Å². The number of hydrogen-bond acceptors (Lipinski definition) is 1. The second-order valence-corrected chi connectivity index (χ2v) is 4.22. The van der Waals surface area contributed by atoms with Crippen molar-refractivity contribution < 1.29 is 0 Å².